The van der Waals surface area contributed by atoms with Crippen molar-refractivity contribution >= 4 is 22.8 Å². The minimum Gasteiger partial charge on any atom is -0.341 e. The van der Waals surface area contributed by atoms with Crippen molar-refractivity contribution in [2.45, 2.75) is 44.2 Å². The molecule has 0 aromatic carbocycles. The summed E-state index contributed by atoms with van der Waals surface area (Å²) in [5.74, 6) is -0.768. The average molecular weight is 322 g/mol. The fraction of sp³-hybridized carbons (Fsp3) is 0.538. The van der Waals surface area contributed by atoms with Crippen LogP contribution in [0.5, 0.6) is 0 Å². The quantitative estimate of drug-likeness (QED) is 0.733. The molecule has 2 fully saturated rings. The summed E-state index contributed by atoms with van der Waals surface area (Å²) in [6, 6.07) is 2.10. The summed E-state index contributed by atoms with van der Waals surface area (Å²) in [7, 11) is 0. The first kappa shape index (κ1) is 13.8. The third-order valence-corrected chi connectivity index (χ3v) is 4.02. The second-order valence-corrected chi connectivity index (χ2v) is 5.99. The third kappa shape index (κ3) is 1.90. The molecule has 22 heavy (non-hydrogen) atoms. The molecule has 2 aromatic heterocycles. The highest BCUT2D eigenvalue weighted by Crippen LogP contribution is 2.43. The van der Waals surface area contributed by atoms with Gasteiger partial charge in [-0.25, -0.2) is 15.0 Å². The van der Waals surface area contributed by atoms with Crippen molar-refractivity contribution in [2.75, 3.05) is 0 Å². The molecule has 4 heterocycles. The highest BCUT2D eigenvalue weighted by Gasteiger charge is 2.56. The first-order chi connectivity index (χ1) is 10.5. The molecule has 8 nitrogen and oxygen atoms in total. The standard InChI is InChI=1S/C13H12ClN5O3/c1-13(2)21-8-6(3-15)20-12(9(8)22-13)19-5-18-7-10(14)16-4-17-11(7)19/h4-6,8-9,12H,1-2H3/t6-,8?,9?,12-/m1/s1. The number of hydrogen-bond acceptors (Lipinski definition) is 7. The lowest BCUT2D eigenvalue weighted by Crippen LogP contribution is -2.28. The Morgan fingerprint density at radius 1 is 1.27 bits per heavy atom. The second-order valence-electron chi connectivity index (χ2n) is 5.63. The number of halogens is 1. The molecule has 2 saturated heterocycles. The van der Waals surface area contributed by atoms with Crippen LogP contribution in [-0.2, 0) is 14.2 Å². The van der Waals surface area contributed by atoms with E-state index in [4.69, 9.17) is 25.8 Å². The molecule has 0 N–H and O–H groups in total. The lowest BCUT2D eigenvalue weighted by Gasteiger charge is -2.23. The number of rotatable bonds is 1. The van der Waals surface area contributed by atoms with E-state index in [1.807, 2.05) is 13.8 Å². The summed E-state index contributed by atoms with van der Waals surface area (Å²) >= 11 is 6.01. The van der Waals surface area contributed by atoms with Crippen molar-refractivity contribution in [3.8, 4) is 6.07 Å². The molecule has 0 amide bonds. The number of imidazole rings is 1. The van der Waals surface area contributed by atoms with E-state index in [2.05, 4.69) is 21.0 Å². The molecule has 4 atom stereocenters. The van der Waals surface area contributed by atoms with Crippen LogP contribution in [0.25, 0.3) is 11.2 Å². The molecule has 114 valence electrons. The molecule has 2 unspecified atom stereocenters. The van der Waals surface area contributed by atoms with Gasteiger partial charge in [0.15, 0.2) is 28.9 Å². The maximum atomic E-state index is 9.27. The fourth-order valence-corrected chi connectivity index (χ4v) is 3.09. The van der Waals surface area contributed by atoms with Gasteiger partial charge in [0.05, 0.1) is 12.4 Å². The maximum Gasteiger partial charge on any atom is 0.175 e. The normalized spacial score (nSPS) is 33.0. The molecule has 0 saturated carbocycles. The van der Waals surface area contributed by atoms with Gasteiger partial charge < -0.3 is 14.2 Å². The van der Waals surface area contributed by atoms with E-state index in [-0.39, 0.29) is 5.15 Å². The predicted molar refractivity (Wildman–Crippen MR) is 73.7 cm³/mol. The predicted octanol–water partition coefficient (Wildman–Crippen LogP) is 1.42. The van der Waals surface area contributed by atoms with E-state index in [1.165, 1.54) is 6.33 Å². The Morgan fingerprint density at radius 3 is 2.82 bits per heavy atom. The van der Waals surface area contributed by atoms with Gasteiger partial charge in [0.1, 0.15) is 24.1 Å². The summed E-state index contributed by atoms with van der Waals surface area (Å²) in [5.41, 5.74) is 0.999. The molecule has 2 aliphatic heterocycles. The second kappa shape index (κ2) is 4.60. The van der Waals surface area contributed by atoms with Crippen LogP contribution in [0, 0.1) is 11.3 Å². The van der Waals surface area contributed by atoms with Crippen LogP contribution in [0.15, 0.2) is 12.7 Å². The van der Waals surface area contributed by atoms with Gasteiger partial charge in [-0.2, -0.15) is 5.26 Å². The Labute approximate surface area is 130 Å². The summed E-state index contributed by atoms with van der Waals surface area (Å²) in [6.45, 7) is 3.61. The van der Waals surface area contributed by atoms with Crippen molar-refractivity contribution in [2.24, 2.45) is 0 Å². The lowest BCUT2D eigenvalue weighted by atomic mass is 10.1. The summed E-state index contributed by atoms with van der Waals surface area (Å²) in [5, 5.41) is 9.54. The number of ether oxygens (including phenoxy) is 3. The van der Waals surface area contributed by atoms with Crippen molar-refractivity contribution in [1.82, 2.24) is 19.5 Å². The Morgan fingerprint density at radius 2 is 2.05 bits per heavy atom. The zero-order chi connectivity index (χ0) is 15.5. The summed E-state index contributed by atoms with van der Waals surface area (Å²) < 4.78 is 19.1. The number of nitrogens with zero attached hydrogens (tertiary/aromatic N) is 5. The van der Waals surface area contributed by atoms with Gasteiger partial charge in [0.2, 0.25) is 0 Å². The van der Waals surface area contributed by atoms with E-state index >= 15 is 0 Å². The van der Waals surface area contributed by atoms with Gasteiger partial charge in [0, 0.05) is 0 Å². The minimum absolute atomic E-state index is 0.263. The topological polar surface area (TPSA) is 95.1 Å². The van der Waals surface area contributed by atoms with Crippen molar-refractivity contribution in [3.63, 3.8) is 0 Å². The van der Waals surface area contributed by atoms with Gasteiger partial charge in [-0.05, 0) is 13.8 Å². The Hall–Kier alpha value is -1.79. The zero-order valence-corrected chi connectivity index (χ0v) is 12.6. The van der Waals surface area contributed by atoms with Gasteiger partial charge in [-0.1, -0.05) is 11.6 Å². The van der Waals surface area contributed by atoms with E-state index in [9.17, 15) is 5.26 Å². The highest BCUT2D eigenvalue weighted by molar-refractivity contribution is 6.33. The largest absolute Gasteiger partial charge is 0.341 e. The number of nitriles is 1. The molecule has 0 bridgehead atoms. The SMILES string of the molecule is CC1(C)OC2C(O1)[C@@H](C#N)O[C@H]2n1cnc2c(Cl)ncnc21. The van der Waals surface area contributed by atoms with Crippen LogP contribution in [0.1, 0.15) is 20.1 Å². The van der Waals surface area contributed by atoms with Crippen LogP contribution < -0.4 is 0 Å². The van der Waals surface area contributed by atoms with Crippen LogP contribution in [0.4, 0.5) is 0 Å². The smallest absolute Gasteiger partial charge is 0.175 e. The van der Waals surface area contributed by atoms with Crippen molar-refractivity contribution in [1.29, 1.82) is 5.26 Å². The van der Waals surface area contributed by atoms with E-state index in [1.54, 1.807) is 10.9 Å². The number of fused-ring (bicyclic) bond motifs is 2. The van der Waals surface area contributed by atoms with Gasteiger partial charge in [-0.15, -0.1) is 0 Å². The molecule has 2 aliphatic rings. The van der Waals surface area contributed by atoms with Crippen molar-refractivity contribution in [3.05, 3.63) is 17.8 Å². The highest BCUT2D eigenvalue weighted by atomic mass is 35.5. The molecule has 9 heteroatoms. The maximum absolute atomic E-state index is 9.27. The summed E-state index contributed by atoms with van der Waals surface area (Å²) in [6.07, 6.45) is 0.749. The first-order valence-corrected chi connectivity index (χ1v) is 7.12. The fourth-order valence-electron chi connectivity index (χ4n) is 2.91. The van der Waals surface area contributed by atoms with Gasteiger partial charge in [-0.3, -0.25) is 4.57 Å². The molecule has 0 aliphatic carbocycles. The first-order valence-electron chi connectivity index (χ1n) is 6.74. The third-order valence-electron chi connectivity index (χ3n) is 3.74. The van der Waals surface area contributed by atoms with E-state index in [0.29, 0.717) is 11.2 Å². The monoisotopic (exact) mass is 321 g/mol. The van der Waals surface area contributed by atoms with Gasteiger partial charge in [0.25, 0.3) is 0 Å². The summed E-state index contributed by atoms with van der Waals surface area (Å²) in [4.78, 5) is 12.3. The van der Waals surface area contributed by atoms with Crippen LogP contribution in [-0.4, -0.2) is 43.6 Å². The number of hydrogen-bond donors (Lipinski definition) is 0. The average Bonchev–Trinajstić information content (AvgIpc) is 3.10. The Kier molecular flexibility index (Phi) is 2.90. The van der Waals surface area contributed by atoms with Crippen LogP contribution in [0.2, 0.25) is 5.15 Å². The Bertz CT molecular complexity index is 786. The molecule has 0 radical (unpaired) electrons. The van der Waals surface area contributed by atoms with Crippen LogP contribution in [0.3, 0.4) is 0 Å². The molecule has 0 spiro atoms. The number of aromatic nitrogens is 4. The molecular formula is C13H12ClN5O3. The lowest BCUT2D eigenvalue weighted by molar-refractivity contribution is -0.190. The van der Waals surface area contributed by atoms with E-state index in [0.717, 1.165) is 0 Å². The minimum atomic E-state index is -0.768. The molecule has 4 rings (SSSR count). The molecular weight excluding hydrogens is 310 g/mol. The Balaban J connectivity index is 1.79. The van der Waals surface area contributed by atoms with E-state index < -0.39 is 30.3 Å². The van der Waals surface area contributed by atoms with Crippen molar-refractivity contribution < 1.29 is 14.2 Å². The molecule has 2 aromatic rings. The van der Waals surface area contributed by atoms with Gasteiger partial charge >= 0.3 is 0 Å². The van der Waals surface area contributed by atoms with Crippen LogP contribution >= 0.6 is 11.6 Å². The zero-order valence-electron chi connectivity index (χ0n) is 11.8.